The van der Waals surface area contributed by atoms with Crippen LogP contribution in [0.25, 0.3) is 16.3 Å². The number of thiazole rings is 1. The smallest absolute Gasteiger partial charge is 0.327 e. The minimum absolute atomic E-state index is 0.162. The van der Waals surface area contributed by atoms with Gasteiger partial charge in [-0.3, -0.25) is 9.74 Å². The number of aliphatic carboxylic acids is 1. The number of carbonyl (C=O) groups is 1. The molecule has 2 aromatic heterocycles. The first-order chi connectivity index (χ1) is 18.0. The molecule has 0 atom stereocenters. The predicted octanol–water partition coefficient (Wildman–Crippen LogP) is 4.01. The second-order valence-electron chi connectivity index (χ2n) is 8.85. The Kier molecular flexibility index (Phi) is 5.80. The van der Waals surface area contributed by atoms with Crippen LogP contribution in [0.15, 0.2) is 60.8 Å². The second-order valence-corrected chi connectivity index (χ2v) is 9.86. The van der Waals surface area contributed by atoms with Crippen molar-refractivity contribution in [1.82, 2.24) is 25.2 Å². The van der Waals surface area contributed by atoms with Crippen LogP contribution in [0.1, 0.15) is 24.0 Å². The number of carboxylic acids is 1. The fourth-order valence-corrected chi connectivity index (χ4v) is 5.55. The molecule has 4 heterocycles. The molecular formula is C25H21FN6O4S. The molecule has 6 rings (SSSR count). The van der Waals surface area contributed by atoms with Crippen LogP contribution >= 0.6 is 11.3 Å². The molecule has 1 N–H and O–H groups in total. The number of rotatable bonds is 6. The molecule has 1 fully saturated rings. The van der Waals surface area contributed by atoms with E-state index in [-0.39, 0.29) is 12.3 Å². The molecule has 0 unspecified atom stereocenters. The van der Waals surface area contributed by atoms with Gasteiger partial charge in [-0.2, -0.15) is 4.80 Å². The van der Waals surface area contributed by atoms with Crippen LogP contribution in [0.2, 0.25) is 0 Å². The van der Waals surface area contributed by atoms with Gasteiger partial charge in [0.05, 0.1) is 11.1 Å². The van der Waals surface area contributed by atoms with Crippen molar-refractivity contribution < 1.29 is 24.1 Å². The van der Waals surface area contributed by atoms with Crippen molar-refractivity contribution in [2.24, 2.45) is 0 Å². The monoisotopic (exact) mass is 520 g/mol. The number of hydrogen-bond donors (Lipinski definition) is 1. The first-order valence-electron chi connectivity index (χ1n) is 11.6. The number of tetrazole rings is 1. The third-order valence-corrected chi connectivity index (χ3v) is 7.53. The van der Waals surface area contributed by atoms with Crippen molar-refractivity contribution in [3.8, 4) is 22.2 Å². The van der Waals surface area contributed by atoms with Gasteiger partial charge in [0.25, 0.3) is 0 Å². The molecule has 0 saturated carbocycles. The van der Waals surface area contributed by atoms with Crippen LogP contribution < -0.4 is 14.6 Å². The number of hydrogen-bond acceptors (Lipinski definition) is 9. The van der Waals surface area contributed by atoms with Crippen LogP contribution in [0.3, 0.4) is 0 Å². The van der Waals surface area contributed by atoms with Crippen molar-refractivity contribution in [2.45, 2.75) is 25.0 Å². The number of anilines is 1. The molecule has 188 valence electrons. The van der Waals surface area contributed by atoms with E-state index in [1.54, 1.807) is 18.3 Å². The van der Waals surface area contributed by atoms with Crippen molar-refractivity contribution in [3.63, 3.8) is 0 Å². The third-order valence-electron chi connectivity index (χ3n) is 6.48. The minimum atomic E-state index is -1.04. The number of carboxylic acid groups (broad SMARTS) is 1. The molecule has 1 spiro atoms. The number of piperidine rings is 1. The van der Waals surface area contributed by atoms with Crippen LogP contribution in [-0.4, -0.2) is 55.0 Å². The van der Waals surface area contributed by atoms with Crippen LogP contribution in [-0.2, 0) is 11.3 Å². The Bertz CT molecular complexity index is 1480. The molecule has 37 heavy (non-hydrogen) atoms. The van der Waals surface area contributed by atoms with Gasteiger partial charge in [0.1, 0.15) is 11.4 Å². The summed E-state index contributed by atoms with van der Waals surface area (Å²) in [7, 11) is 0. The predicted molar refractivity (Wildman–Crippen MR) is 133 cm³/mol. The maximum absolute atomic E-state index is 12.6. The van der Waals surface area contributed by atoms with E-state index in [9.17, 15) is 9.32 Å². The molecule has 2 aliphatic heterocycles. The summed E-state index contributed by atoms with van der Waals surface area (Å²) >= 11 is 1.44. The van der Waals surface area contributed by atoms with Gasteiger partial charge in [0.2, 0.25) is 5.82 Å². The van der Waals surface area contributed by atoms with E-state index in [1.807, 2.05) is 36.4 Å². The van der Waals surface area contributed by atoms with E-state index in [0.29, 0.717) is 5.82 Å². The maximum Gasteiger partial charge on any atom is 0.327 e. The lowest BCUT2D eigenvalue weighted by Crippen LogP contribution is -2.48. The first kappa shape index (κ1) is 23.1. The summed E-state index contributed by atoms with van der Waals surface area (Å²) in [4.78, 5) is 23.2. The van der Waals surface area contributed by atoms with E-state index in [2.05, 4.69) is 36.3 Å². The van der Waals surface area contributed by atoms with Crippen molar-refractivity contribution in [2.75, 3.05) is 18.0 Å². The van der Waals surface area contributed by atoms with Gasteiger partial charge in [-0.1, -0.05) is 41.7 Å². The lowest BCUT2D eigenvalue weighted by atomic mass is 9.83. The Morgan fingerprint density at radius 1 is 1.16 bits per heavy atom. The Balaban J connectivity index is 1.22. The van der Waals surface area contributed by atoms with Crippen molar-refractivity contribution >= 4 is 28.0 Å². The Labute approximate surface area is 214 Å². The fourth-order valence-electron chi connectivity index (χ4n) is 4.66. The Hall–Kier alpha value is -4.32. The summed E-state index contributed by atoms with van der Waals surface area (Å²) in [5, 5.41) is 21.6. The first-order valence-corrected chi connectivity index (χ1v) is 12.4. The van der Waals surface area contributed by atoms with E-state index in [0.717, 1.165) is 63.2 Å². The molecule has 12 heteroatoms. The SMILES string of the molecule is O=C(O)Cn1nnc(-c2cnc(N3CCC4(C=C(c5ccc(OF)cc5)c5ccccc5O4)CC3)s2)n1. The summed E-state index contributed by atoms with van der Waals surface area (Å²) in [5.74, 6) is 0.302. The van der Waals surface area contributed by atoms with Crippen LogP contribution in [0, 0.1) is 0 Å². The molecule has 2 aliphatic rings. The average Bonchev–Trinajstić information content (AvgIpc) is 3.58. The summed E-state index contributed by atoms with van der Waals surface area (Å²) in [6, 6.07) is 14.9. The quantitative estimate of drug-likeness (QED) is 0.403. The number of halogens is 1. The minimum Gasteiger partial charge on any atom is -0.482 e. The number of nitrogens with zero attached hydrogens (tertiary/aromatic N) is 6. The van der Waals surface area contributed by atoms with E-state index in [4.69, 9.17) is 9.84 Å². The van der Waals surface area contributed by atoms with Gasteiger partial charge in [0, 0.05) is 36.0 Å². The highest BCUT2D eigenvalue weighted by atomic mass is 32.1. The normalized spacial score (nSPS) is 16.1. The standard InChI is InChI=1S/C25H21FN6O4S/c26-36-17-7-5-16(6-8-17)19-13-25(35-20-4-2-1-3-18(19)20)9-11-31(12-10-25)24-27-14-21(37-24)23-28-30-32(29-23)15-22(33)34/h1-8,13-14H,9-12,15H2,(H,33,34). The van der Waals surface area contributed by atoms with Crippen molar-refractivity contribution in [1.29, 1.82) is 0 Å². The number of ether oxygens (including phenoxy) is 1. The molecule has 0 bridgehead atoms. The van der Waals surface area contributed by atoms with Gasteiger partial charge in [-0.05, 0) is 40.6 Å². The highest BCUT2D eigenvalue weighted by molar-refractivity contribution is 7.18. The lowest BCUT2D eigenvalue weighted by Gasteiger charge is -2.43. The summed E-state index contributed by atoms with van der Waals surface area (Å²) in [6.45, 7) is 1.11. The Morgan fingerprint density at radius 3 is 2.70 bits per heavy atom. The van der Waals surface area contributed by atoms with Gasteiger partial charge in [-0.25, -0.2) is 4.98 Å². The topological polar surface area (TPSA) is 115 Å². The molecule has 0 aliphatic carbocycles. The van der Waals surface area contributed by atoms with E-state index >= 15 is 0 Å². The highest BCUT2D eigenvalue weighted by Gasteiger charge is 2.39. The molecule has 0 radical (unpaired) electrons. The zero-order valence-corrected chi connectivity index (χ0v) is 20.3. The Morgan fingerprint density at radius 2 is 1.95 bits per heavy atom. The number of aromatic nitrogens is 5. The van der Waals surface area contributed by atoms with Crippen molar-refractivity contribution in [3.05, 3.63) is 71.9 Å². The molecule has 1 saturated heterocycles. The number of fused-ring (bicyclic) bond motifs is 1. The average molecular weight is 521 g/mol. The zero-order chi connectivity index (χ0) is 25.4. The van der Waals surface area contributed by atoms with Crippen LogP contribution in [0.5, 0.6) is 11.5 Å². The highest BCUT2D eigenvalue weighted by Crippen LogP contribution is 2.44. The molecular weight excluding hydrogens is 499 g/mol. The summed E-state index contributed by atoms with van der Waals surface area (Å²) < 4.78 is 19.1. The number of benzene rings is 2. The summed E-state index contributed by atoms with van der Waals surface area (Å²) in [5.41, 5.74) is 2.54. The molecule has 10 nitrogen and oxygen atoms in total. The number of para-hydroxylation sites is 1. The third kappa shape index (κ3) is 4.51. The summed E-state index contributed by atoms with van der Waals surface area (Å²) in [6.07, 6.45) is 5.37. The van der Waals surface area contributed by atoms with Gasteiger partial charge in [0.15, 0.2) is 17.4 Å². The lowest BCUT2D eigenvalue weighted by molar-refractivity contribution is -0.138. The van der Waals surface area contributed by atoms with Crippen LogP contribution in [0.4, 0.5) is 9.66 Å². The van der Waals surface area contributed by atoms with Gasteiger partial charge < -0.3 is 14.7 Å². The molecule has 4 aromatic rings. The van der Waals surface area contributed by atoms with E-state index in [1.165, 1.54) is 11.3 Å². The molecule has 0 amide bonds. The van der Waals surface area contributed by atoms with E-state index < -0.39 is 11.6 Å². The zero-order valence-electron chi connectivity index (χ0n) is 19.5. The second kappa shape index (κ2) is 9.28. The van der Waals surface area contributed by atoms with Gasteiger partial charge in [-0.15, -0.1) is 10.2 Å². The van der Waals surface area contributed by atoms with Gasteiger partial charge >= 0.3 is 5.97 Å². The largest absolute Gasteiger partial charge is 0.482 e. The maximum atomic E-state index is 12.6. The molecule has 2 aromatic carbocycles. The fraction of sp³-hybridized carbons (Fsp3) is 0.240.